The monoisotopic (exact) mass is 266 g/mol. The van der Waals surface area contributed by atoms with Gasteiger partial charge in [0.2, 0.25) is 10.0 Å². The van der Waals surface area contributed by atoms with E-state index in [2.05, 4.69) is 25.5 Å². The van der Waals surface area contributed by atoms with E-state index in [1.165, 1.54) is 24.3 Å². The standard InChI is InChI=1S/C13H18N2O2S/c1-13(2,3)8-9-15-18(16,17)12-6-4-11(10-14)5-7-12/h4-7,15H,8-9H2,1-3H3. The lowest BCUT2D eigenvalue weighted by Gasteiger charge is -2.18. The third kappa shape index (κ3) is 4.47. The first kappa shape index (κ1) is 14.7. The molecule has 0 saturated heterocycles. The van der Waals surface area contributed by atoms with Gasteiger partial charge in [-0.05, 0) is 36.1 Å². The Hall–Kier alpha value is -1.38. The second-order valence-corrected chi connectivity index (χ2v) is 7.11. The van der Waals surface area contributed by atoms with Crippen LogP contribution in [0.25, 0.3) is 0 Å². The number of nitrogens with zero attached hydrogens (tertiary/aromatic N) is 1. The Morgan fingerprint density at radius 1 is 1.22 bits per heavy atom. The molecule has 0 aliphatic heterocycles. The molecule has 1 aromatic carbocycles. The van der Waals surface area contributed by atoms with Gasteiger partial charge in [-0.1, -0.05) is 20.8 Å². The molecule has 0 amide bonds. The van der Waals surface area contributed by atoms with Crippen LogP contribution in [0, 0.1) is 16.7 Å². The van der Waals surface area contributed by atoms with Gasteiger partial charge in [-0.15, -0.1) is 0 Å². The summed E-state index contributed by atoms with van der Waals surface area (Å²) >= 11 is 0. The van der Waals surface area contributed by atoms with Gasteiger partial charge in [0, 0.05) is 6.54 Å². The van der Waals surface area contributed by atoms with Crippen molar-refractivity contribution in [1.82, 2.24) is 4.72 Å². The van der Waals surface area contributed by atoms with Crippen LogP contribution in [0.5, 0.6) is 0 Å². The summed E-state index contributed by atoms with van der Waals surface area (Å²) in [6.45, 7) is 6.58. The van der Waals surface area contributed by atoms with Crippen LogP contribution in [-0.2, 0) is 10.0 Å². The Labute approximate surface area is 109 Å². The van der Waals surface area contributed by atoms with E-state index in [9.17, 15) is 8.42 Å². The summed E-state index contributed by atoms with van der Waals surface area (Å²) < 4.78 is 26.4. The zero-order chi connectivity index (χ0) is 13.8. The lowest BCUT2D eigenvalue weighted by Crippen LogP contribution is -2.27. The van der Waals surface area contributed by atoms with Crippen molar-refractivity contribution in [1.29, 1.82) is 5.26 Å². The molecule has 0 aliphatic rings. The third-order valence-electron chi connectivity index (χ3n) is 2.46. The maximum Gasteiger partial charge on any atom is 0.240 e. The van der Waals surface area contributed by atoms with Crippen molar-refractivity contribution in [3.8, 4) is 6.07 Å². The quantitative estimate of drug-likeness (QED) is 0.908. The van der Waals surface area contributed by atoms with Gasteiger partial charge in [0.1, 0.15) is 0 Å². The Morgan fingerprint density at radius 3 is 2.22 bits per heavy atom. The summed E-state index contributed by atoms with van der Waals surface area (Å²) in [5.74, 6) is 0. The van der Waals surface area contributed by atoms with Gasteiger partial charge in [0.25, 0.3) is 0 Å². The predicted octanol–water partition coefficient (Wildman–Crippen LogP) is 2.27. The number of benzene rings is 1. The van der Waals surface area contributed by atoms with E-state index < -0.39 is 10.0 Å². The van der Waals surface area contributed by atoms with E-state index in [4.69, 9.17) is 5.26 Å². The summed E-state index contributed by atoms with van der Waals surface area (Å²) in [6.07, 6.45) is 0.766. The molecule has 0 aromatic heterocycles. The molecule has 1 rings (SSSR count). The average Bonchev–Trinajstić information content (AvgIpc) is 2.27. The van der Waals surface area contributed by atoms with Gasteiger partial charge >= 0.3 is 0 Å². The molecule has 0 atom stereocenters. The third-order valence-corrected chi connectivity index (χ3v) is 3.94. The van der Waals surface area contributed by atoms with Crippen molar-refractivity contribution in [2.24, 2.45) is 5.41 Å². The highest BCUT2D eigenvalue weighted by atomic mass is 32.2. The minimum absolute atomic E-state index is 0.0905. The van der Waals surface area contributed by atoms with Gasteiger partial charge in [-0.3, -0.25) is 0 Å². The highest BCUT2D eigenvalue weighted by Crippen LogP contribution is 2.18. The van der Waals surface area contributed by atoms with Crippen molar-refractivity contribution >= 4 is 10.0 Å². The highest BCUT2D eigenvalue weighted by molar-refractivity contribution is 7.89. The second kappa shape index (κ2) is 5.51. The van der Waals surface area contributed by atoms with Crippen LogP contribution < -0.4 is 4.72 Å². The molecule has 5 heteroatoms. The smallest absolute Gasteiger partial charge is 0.211 e. The SMILES string of the molecule is CC(C)(C)CCNS(=O)(=O)c1ccc(C#N)cc1. The molecule has 0 heterocycles. The fraction of sp³-hybridized carbons (Fsp3) is 0.462. The molecule has 98 valence electrons. The van der Waals surface area contributed by atoms with Crippen molar-refractivity contribution in [2.45, 2.75) is 32.1 Å². The second-order valence-electron chi connectivity index (χ2n) is 5.34. The van der Waals surface area contributed by atoms with Crippen LogP contribution in [0.1, 0.15) is 32.8 Å². The molecular formula is C13H18N2O2S. The van der Waals surface area contributed by atoms with Crippen molar-refractivity contribution in [2.75, 3.05) is 6.54 Å². The normalized spacial score (nSPS) is 12.1. The Balaban J connectivity index is 2.72. The topological polar surface area (TPSA) is 70.0 Å². The number of sulfonamides is 1. The van der Waals surface area contributed by atoms with Crippen LogP contribution in [0.3, 0.4) is 0 Å². The molecule has 1 aromatic rings. The van der Waals surface area contributed by atoms with E-state index in [1.807, 2.05) is 6.07 Å². The molecule has 0 saturated carbocycles. The molecule has 18 heavy (non-hydrogen) atoms. The van der Waals surface area contributed by atoms with Crippen LogP contribution in [0.4, 0.5) is 0 Å². The molecule has 0 unspecified atom stereocenters. The van der Waals surface area contributed by atoms with Gasteiger partial charge in [0.15, 0.2) is 0 Å². The fourth-order valence-corrected chi connectivity index (χ4v) is 2.38. The number of hydrogen-bond acceptors (Lipinski definition) is 3. The van der Waals surface area contributed by atoms with E-state index in [0.29, 0.717) is 12.1 Å². The highest BCUT2D eigenvalue weighted by Gasteiger charge is 2.16. The van der Waals surface area contributed by atoms with Crippen molar-refractivity contribution in [3.63, 3.8) is 0 Å². The van der Waals surface area contributed by atoms with Crippen LogP contribution in [-0.4, -0.2) is 15.0 Å². The number of hydrogen-bond donors (Lipinski definition) is 1. The van der Waals surface area contributed by atoms with E-state index in [0.717, 1.165) is 6.42 Å². The molecule has 0 bridgehead atoms. The Bertz CT molecular complexity index is 534. The zero-order valence-corrected chi connectivity index (χ0v) is 11.7. The van der Waals surface area contributed by atoms with E-state index >= 15 is 0 Å². The minimum Gasteiger partial charge on any atom is -0.211 e. The Kier molecular flexibility index (Phi) is 4.49. The minimum atomic E-state index is -3.47. The zero-order valence-electron chi connectivity index (χ0n) is 10.9. The van der Waals surface area contributed by atoms with Gasteiger partial charge in [-0.2, -0.15) is 5.26 Å². The predicted molar refractivity (Wildman–Crippen MR) is 70.4 cm³/mol. The van der Waals surface area contributed by atoms with Gasteiger partial charge < -0.3 is 0 Å². The van der Waals surface area contributed by atoms with Crippen LogP contribution in [0.15, 0.2) is 29.2 Å². The maximum atomic E-state index is 11.9. The number of nitriles is 1. The summed E-state index contributed by atoms with van der Waals surface area (Å²) in [6, 6.07) is 7.83. The molecule has 1 N–H and O–H groups in total. The van der Waals surface area contributed by atoms with Crippen LogP contribution in [0.2, 0.25) is 0 Å². The average molecular weight is 266 g/mol. The fourth-order valence-electron chi connectivity index (χ4n) is 1.35. The summed E-state index contributed by atoms with van der Waals surface area (Å²) in [5, 5.41) is 8.65. The van der Waals surface area contributed by atoms with Gasteiger partial charge in [0.05, 0.1) is 16.5 Å². The van der Waals surface area contributed by atoms with Crippen LogP contribution >= 0.6 is 0 Å². The molecule has 0 spiro atoms. The molecule has 0 fully saturated rings. The summed E-state index contributed by atoms with van der Waals surface area (Å²) in [7, 11) is -3.47. The summed E-state index contributed by atoms with van der Waals surface area (Å²) in [4.78, 5) is 0.190. The summed E-state index contributed by atoms with van der Waals surface area (Å²) in [5.41, 5.74) is 0.538. The first-order valence-electron chi connectivity index (χ1n) is 5.74. The number of rotatable bonds is 4. The largest absolute Gasteiger partial charge is 0.240 e. The molecule has 0 aliphatic carbocycles. The first-order chi connectivity index (χ1) is 8.24. The lowest BCUT2D eigenvalue weighted by atomic mass is 9.93. The van der Waals surface area contributed by atoms with E-state index in [1.54, 1.807) is 0 Å². The van der Waals surface area contributed by atoms with E-state index in [-0.39, 0.29) is 10.3 Å². The molecule has 0 radical (unpaired) electrons. The Morgan fingerprint density at radius 2 is 1.78 bits per heavy atom. The van der Waals surface area contributed by atoms with Gasteiger partial charge in [-0.25, -0.2) is 13.1 Å². The first-order valence-corrected chi connectivity index (χ1v) is 7.23. The number of nitrogens with one attached hydrogen (secondary N) is 1. The van der Waals surface area contributed by atoms with Crippen molar-refractivity contribution in [3.05, 3.63) is 29.8 Å². The molecular weight excluding hydrogens is 248 g/mol. The lowest BCUT2D eigenvalue weighted by molar-refractivity contribution is 0.378. The molecule has 4 nitrogen and oxygen atoms in total. The van der Waals surface area contributed by atoms with Crippen molar-refractivity contribution < 1.29 is 8.42 Å². The maximum absolute atomic E-state index is 11.9.